The molecule has 47 heavy (non-hydrogen) atoms. The molecule has 11 heteroatoms. The Hall–Kier alpha value is -3.31. The standard InChI is InChI=1S/C36H55N5O5S/c1-8-24(4)32(39-34(43)30-16-12-13-19-40(30)6)35(44)41(7)29(23(2)3)17-18-31-38-28(22-47-31)33(42)37-27(20-25(5)36(45)46)21-26-14-10-9-11-15-26/h9-11,14-15,22-25,27,29-30,32H,8,12-13,16-21H2,1-7H3,(H,37,42)(H,39,43)(H,45,46). The van der Waals surface area contributed by atoms with Gasteiger partial charge in [-0.05, 0) is 63.1 Å². The number of rotatable bonds is 17. The number of carboxylic acids is 1. The largest absolute Gasteiger partial charge is 0.481 e. The van der Waals surface area contributed by atoms with Gasteiger partial charge in [0.05, 0.1) is 17.0 Å². The third kappa shape index (κ3) is 11.1. The second kappa shape index (κ2) is 18.3. The summed E-state index contributed by atoms with van der Waals surface area (Å²) in [7, 11) is 3.80. The van der Waals surface area contributed by atoms with Gasteiger partial charge in [0.15, 0.2) is 0 Å². The Balaban J connectivity index is 1.66. The maximum absolute atomic E-state index is 13.9. The third-order valence-electron chi connectivity index (χ3n) is 9.62. The Kier molecular flexibility index (Phi) is 14.8. The van der Waals surface area contributed by atoms with Gasteiger partial charge in [0.2, 0.25) is 11.8 Å². The molecule has 260 valence electrons. The smallest absolute Gasteiger partial charge is 0.306 e. The lowest BCUT2D eigenvalue weighted by Gasteiger charge is -2.37. The summed E-state index contributed by atoms with van der Waals surface area (Å²) in [6.07, 6.45) is 5.74. The van der Waals surface area contributed by atoms with Crippen molar-refractivity contribution in [2.75, 3.05) is 20.6 Å². The van der Waals surface area contributed by atoms with E-state index >= 15 is 0 Å². The molecular formula is C36H55N5O5S. The second-order valence-electron chi connectivity index (χ2n) is 13.6. The summed E-state index contributed by atoms with van der Waals surface area (Å²) in [5.74, 6) is -1.83. The van der Waals surface area contributed by atoms with Crippen LogP contribution >= 0.6 is 11.3 Å². The molecule has 3 rings (SSSR count). The quantitative estimate of drug-likeness (QED) is 0.215. The fourth-order valence-electron chi connectivity index (χ4n) is 6.38. The number of hydrogen-bond donors (Lipinski definition) is 3. The number of thiazole rings is 1. The van der Waals surface area contributed by atoms with Crippen LogP contribution in [0.1, 0.15) is 94.2 Å². The Morgan fingerprint density at radius 1 is 1.09 bits per heavy atom. The molecule has 6 unspecified atom stereocenters. The first-order chi connectivity index (χ1) is 22.3. The highest BCUT2D eigenvalue weighted by Gasteiger charge is 2.35. The van der Waals surface area contributed by atoms with Crippen LogP contribution in [0.5, 0.6) is 0 Å². The van der Waals surface area contributed by atoms with Crippen LogP contribution in [0.15, 0.2) is 35.7 Å². The number of aliphatic carboxylic acids is 1. The van der Waals surface area contributed by atoms with E-state index in [2.05, 4.69) is 34.4 Å². The maximum atomic E-state index is 13.9. The molecule has 6 atom stereocenters. The van der Waals surface area contributed by atoms with Crippen molar-refractivity contribution in [3.05, 3.63) is 52.0 Å². The summed E-state index contributed by atoms with van der Waals surface area (Å²) in [5.41, 5.74) is 1.33. The van der Waals surface area contributed by atoms with Gasteiger partial charge in [-0.3, -0.25) is 24.1 Å². The van der Waals surface area contributed by atoms with E-state index in [4.69, 9.17) is 0 Å². The second-order valence-corrected chi connectivity index (χ2v) is 14.6. The molecule has 0 radical (unpaired) electrons. The van der Waals surface area contributed by atoms with Gasteiger partial charge in [-0.2, -0.15) is 0 Å². The van der Waals surface area contributed by atoms with Crippen molar-refractivity contribution >= 4 is 35.0 Å². The van der Waals surface area contributed by atoms with Crippen LogP contribution < -0.4 is 10.6 Å². The molecule has 1 aromatic carbocycles. The minimum atomic E-state index is -0.897. The number of piperidine rings is 1. The number of carbonyl (C=O) groups is 4. The van der Waals surface area contributed by atoms with E-state index in [0.29, 0.717) is 31.4 Å². The third-order valence-corrected chi connectivity index (χ3v) is 10.5. The Morgan fingerprint density at radius 2 is 1.79 bits per heavy atom. The van der Waals surface area contributed by atoms with Crippen molar-refractivity contribution in [1.82, 2.24) is 25.4 Å². The fourth-order valence-corrected chi connectivity index (χ4v) is 7.17. The molecule has 3 amide bonds. The van der Waals surface area contributed by atoms with E-state index in [1.165, 1.54) is 11.3 Å². The SMILES string of the molecule is CCC(C)C(NC(=O)C1CCCCN1C)C(=O)N(C)C(CCc1nc(C(=O)NC(Cc2ccccc2)CC(C)C(=O)O)cs1)C(C)C. The predicted octanol–water partition coefficient (Wildman–Crippen LogP) is 5.03. The molecule has 0 saturated carbocycles. The van der Waals surface area contributed by atoms with Crippen molar-refractivity contribution in [3.63, 3.8) is 0 Å². The van der Waals surface area contributed by atoms with Crippen molar-refractivity contribution in [3.8, 4) is 0 Å². The Bertz CT molecular complexity index is 1320. The molecule has 3 N–H and O–H groups in total. The van der Waals surface area contributed by atoms with Gasteiger partial charge in [0.25, 0.3) is 5.91 Å². The molecule has 1 fully saturated rings. The molecule has 1 aromatic heterocycles. The molecule has 2 heterocycles. The van der Waals surface area contributed by atoms with Gasteiger partial charge < -0.3 is 20.6 Å². The lowest BCUT2D eigenvalue weighted by Crippen LogP contribution is -2.57. The first-order valence-corrected chi connectivity index (χ1v) is 18.0. The van der Waals surface area contributed by atoms with Crippen LogP contribution in [0.2, 0.25) is 0 Å². The monoisotopic (exact) mass is 669 g/mol. The first-order valence-electron chi connectivity index (χ1n) is 17.1. The van der Waals surface area contributed by atoms with Crippen LogP contribution in [-0.4, -0.2) is 88.4 Å². The highest BCUT2D eigenvalue weighted by atomic mass is 32.1. The Labute approximate surface area is 284 Å². The zero-order valence-electron chi connectivity index (χ0n) is 29.2. The lowest BCUT2D eigenvalue weighted by atomic mass is 9.93. The number of aromatic nitrogens is 1. The van der Waals surface area contributed by atoms with E-state index in [9.17, 15) is 24.3 Å². The van der Waals surface area contributed by atoms with Crippen molar-refractivity contribution in [2.24, 2.45) is 17.8 Å². The van der Waals surface area contributed by atoms with E-state index in [1.54, 1.807) is 17.2 Å². The maximum Gasteiger partial charge on any atom is 0.306 e. The average molecular weight is 670 g/mol. The molecule has 0 aliphatic carbocycles. The minimum Gasteiger partial charge on any atom is -0.481 e. The average Bonchev–Trinajstić information content (AvgIpc) is 3.52. The van der Waals surface area contributed by atoms with Gasteiger partial charge in [0.1, 0.15) is 11.7 Å². The minimum absolute atomic E-state index is 0.0140. The number of carboxylic acid groups (broad SMARTS) is 1. The van der Waals surface area contributed by atoms with Crippen LogP contribution in [0.4, 0.5) is 0 Å². The molecule has 1 aliphatic rings. The van der Waals surface area contributed by atoms with Crippen molar-refractivity contribution in [1.29, 1.82) is 0 Å². The first kappa shape index (κ1) is 38.1. The van der Waals surface area contributed by atoms with Crippen LogP contribution in [-0.2, 0) is 27.2 Å². The topological polar surface area (TPSA) is 132 Å². The van der Waals surface area contributed by atoms with Crippen LogP contribution in [0.3, 0.4) is 0 Å². The number of benzene rings is 1. The normalized spacial score (nSPS) is 18.5. The van der Waals surface area contributed by atoms with Gasteiger partial charge in [-0.25, -0.2) is 4.98 Å². The summed E-state index contributed by atoms with van der Waals surface area (Å²) in [4.78, 5) is 60.5. The van der Waals surface area contributed by atoms with E-state index in [-0.39, 0.29) is 47.7 Å². The molecular weight excluding hydrogens is 614 g/mol. The number of nitrogens with one attached hydrogen (secondary N) is 2. The molecule has 1 aliphatic heterocycles. The number of likely N-dealkylation sites (N-methyl/N-ethyl adjacent to an activating group) is 2. The van der Waals surface area contributed by atoms with Gasteiger partial charge in [0, 0.05) is 30.9 Å². The van der Waals surface area contributed by atoms with Crippen molar-refractivity contribution in [2.45, 2.75) is 110 Å². The fraction of sp³-hybridized carbons (Fsp3) is 0.639. The predicted molar refractivity (Wildman–Crippen MR) is 186 cm³/mol. The number of likely N-dealkylation sites (tertiary alicyclic amines) is 1. The summed E-state index contributed by atoms with van der Waals surface area (Å²) in [6.45, 7) is 10.8. The number of amides is 3. The highest BCUT2D eigenvalue weighted by Crippen LogP contribution is 2.23. The summed E-state index contributed by atoms with van der Waals surface area (Å²) in [5, 5.41) is 18.1. The zero-order valence-corrected chi connectivity index (χ0v) is 30.0. The number of carbonyl (C=O) groups excluding carboxylic acids is 3. The van der Waals surface area contributed by atoms with Gasteiger partial charge >= 0.3 is 5.97 Å². The number of aryl methyl sites for hydroxylation is 1. The lowest BCUT2D eigenvalue weighted by molar-refractivity contribution is -0.141. The zero-order chi connectivity index (χ0) is 34.7. The van der Waals surface area contributed by atoms with Crippen molar-refractivity contribution < 1.29 is 24.3 Å². The summed E-state index contributed by atoms with van der Waals surface area (Å²) >= 11 is 1.41. The molecule has 0 spiro atoms. The molecule has 10 nitrogen and oxygen atoms in total. The number of hydrogen-bond acceptors (Lipinski definition) is 7. The molecule has 2 aromatic rings. The highest BCUT2D eigenvalue weighted by molar-refractivity contribution is 7.09. The number of nitrogens with zero attached hydrogens (tertiary/aromatic N) is 3. The van der Waals surface area contributed by atoms with E-state index < -0.39 is 17.9 Å². The molecule has 0 bridgehead atoms. The summed E-state index contributed by atoms with van der Waals surface area (Å²) < 4.78 is 0. The van der Waals surface area contributed by atoms with Gasteiger partial charge in [-0.1, -0.05) is 77.8 Å². The molecule has 1 saturated heterocycles. The van der Waals surface area contributed by atoms with Gasteiger partial charge in [-0.15, -0.1) is 11.3 Å². The Morgan fingerprint density at radius 3 is 2.40 bits per heavy atom. The van der Waals surface area contributed by atoms with E-state index in [1.807, 2.05) is 58.3 Å². The van der Waals surface area contributed by atoms with E-state index in [0.717, 1.165) is 42.8 Å². The van der Waals surface area contributed by atoms with Crippen LogP contribution in [0.25, 0.3) is 0 Å². The summed E-state index contributed by atoms with van der Waals surface area (Å²) in [6, 6.07) is 8.45. The van der Waals surface area contributed by atoms with Crippen LogP contribution in [0, 0.1) is 17.8 Å².